The molecule has 0 aromatic heterocycles. The minimum absolute atomic E-state index is 0.101. The van der Waals surface area contributed by atoms with Crippen molar-refractivity contribution in [1.29, 1.82) is 0 Å². The average molecular weight is 439 g/mol. The third kappa shape index (κ3) is 3.51. The zero-order chi connectivity index (χ0) is 19.7. The van der Waals surface area contributed by atoms with Crippen LogP contribution in [0.3, 0.4) is 0 Å². The van der Waals surface area contributed by atoms with Crippen molar-refractivity contribution in [1.82, 2.24) is 0 Å². The van der Waals surface area contributed by atoms with Crippen LogP contribution in [-0.2, 0) is 4.79 Å². The molecule has 0 saturated heterocycles. The summed E-state index contributed by atoms with van der Waals surface area (Å²) < 4.78 is 28.2. The lowest BCUT2D eigenvalue weighted by Crippen LogP contribution is -2.32. The Balaban J connectivity index is 1.85. The molecule has 0 unspecified atom stereocenters. The van der Waals surface area contributed by atoms with Gasteiger partial charge in [-0.05, 0) is 54.6 Å². The number of aliphatic imine (C=N–C) groups is 1. The van der Waals surface area contributed by atoms with E-state index in [4.69, 9.17) is 0 Å². The highest BCUT2D eigenvalue weighted by Crippen LogP contribution is 2.30. The molecule has 0 bridgehead atoms. The van der Waals surface area contributed by atoms with Crippen LogP contribution in [0, 0.1) is 11.6 Å². The summed E-state index contributed by atoms with van der Waals surface area (Å²) in [5.41, 5.74) is 1.54. The second-order valence-electron chi connectivity index (χ2n) is 6.11. The molecule has 28 heavy (non-hydrogen) atoms. The van der Waals surface area contributed by atoms with Crippen LogP contribution in [0.1, 0.15) is 11.1 Å². The lowest BCUT2D eigenvalue weighted by atomic mass is 10.1. The van der Waals surface area contributed by atoms with E-state index in [0.29, 0.717) is 17.1 Å². The van der Waals surface area contributed by atoms with Gasteiger partial charge >= 0.3 is 0 Å². The van der Waals surface area contributed by atoms with Gasteiger partial charge in [-0.15, -0.1) is 0 Å². The number of nitrogens with zero attached hydrogens (tertiary/aromatic N) is 2. The number of hydrogen-bond donors (Lipinski definition) is 0. The quantitative estimate of drug-likeness (QED) is 0.492. The second-order valence-corrected chi connectivity index (χ2v) is 7.03. The third-order valence-corrected chi connectivity index (χ3v) is 4.72. The highest BCUT2D eigenvalue weighted by atomic mass is 79.9. The molecule has 138 valence electrons. The molecule has 3 aromatic carbocycles. The Morgan fingerprint density at radius 3 is 2.39 bits per heavy atom. The number of benzene rings is 3. The SMILES string of the molecule is O=C1/C(=C\c2ccccc2F)N=C(c2ccc(F)cc2)N1c1cccc(Br)c1. The summed E-state index contributed by atoms with van der Waals surface area (Å²) in [5.74, 6) is -0.863. The smallest absolute Gasteiger partial charge is 0.266 e. The highest BCUT2D eigenvalue weighted by Gasteiger charge is 2.32. The normalized spacial score (nSPS) is 15.2. The molecule has 0 fully saturated rings. The molecule has 4 rings (SSSR count). The molecule has 0 spiro atoms. The summed E-state index contributed by atoms with van der Waals surface area (Å²) in [4.78, 5) is 19.0. The monoisotopic (exact) mass is 438 g/mol. The van der Waals surface area contributed by atoms with E-state index in [9.17, 15) is 13.6 Å². The van der Waals surface area contributed by atoms with E-state index in [1.165, 1.54) is 29.2 Å². The molecule has 1 aliphatic rings. The summed E-state index contributed by atoms with van der Waals surface area (Å²) in [5, 5.41) is 0. The first kappa shape index (κ1) is 18.3. The molecule has 1 amide bonds. The van der Waals surface area contributed by atoms with Crippen molar-refractivity contribution in [2.45, 2.75) is 0 Å². The Bertz CT molecular complexity index is 1120. The number of anilines is 1. The van der Waals surface area contributed by atoms with Gasteiger partial charge in [0.25, 0.3) is 5.91 Å². The number of carbonyl (C=O) groups excluding carboxylic acids is 1. The van der Waals surface area contributed by atoms with Crippen molar-refractivity contribution in [2.24, 2.45) is 4.99 Å². The maximum atomic E-state index is 14.0. The fraction of sp³-hybridized carbons (Fsp3) is 0. The van der Waals surface area contributed by atoms with Gasteiger partial charge in [-0.3, -0.25) is 9.69 Å². The fourth-order valence-electron chi connectivity index (χ4n) is 2.90. The first-order valence-electron chi connectivity index (χ1n) is 8.44. The topological polar surface area (TPSA) is 32.7 Å². The molecule has 0 N–H and O–H groups in total. The van der Waals surface area contributed by atoms with E-state index in [2.05, 4.69) is 20.9 Å². The first-order chi connectivity index (χ1) is 13.5. The van der Waals surface area contributed by atoms with Gasteiger partial charge in [-0.25, -0.2) is 13.8 Å². The predicted octanol–water partition coefficient (Wildman–Crippen LogP) is 5.56. The summed E-state index contributed by atoms with van der Waals surface area (Å²) in [6.45, 7) is 0. The Kier molecular flexibility index (Phi) is 4.88. The summed E-state index contributed by atoms with van der Waals surface area (Å²) in [6, 6.07) is 19.1. The average Bonchev–Trinajstić information content (AvgIpc) is 3.00. The molecule has 3 aromatic rings. The van der Waals surface area contributed by atoms with Crippen molar-refractivity contribution in [3.05, 3.63) is 106 Å². The Morgan fingerprint density at radius 2 is 1.68 bits per heavy atom. The Labute approximate surface area is 168 Å². The van der Waals surface area contributed by atoms with Gasteiger partial charge in [0, 0.05) is 15.6 Å². The molecule has 0 saturated carbocycles. The fourth-order valence-corrected chi connectivity index (χ4v) is 3.29. The minimum Gasteiger partial charge on any atom is -0.266 e. The molecule has 0 aliphatic carbocycles. The molecule has 1 heterocycles. The van der Waals surface area contributed by atoms with Gasteiger partial charge < -0.3 is 0 Å². The molecule has 6 heteroatoms. The van der Waals surface area contributed by atoms with Gasteiger partial charge in [0.1, 0.15) is 23.2 Å². The lowest BCUT2D eigenvalue weighted by molar-refractivity contribution is -0.113. The largest absolute Gasteiger partial charge is 0.282 e. The minimum atomic E-state index is -0.442. The van der Waals surface area contributed by atoms with Gasteiger partial charge in [0.15, 0.2) is 0 Å². The van der Waals surface area contributed by atoms with Gasteiger partial charge in [-0.2, -0.15) is 0 Å². The first-order valence-corrected chi connectivity index (χ1v) is 9.23. The van der Waals surface area contributed by atoms with Crippen molar-refractivity contribution >= 4 is 39.4 Å². The van der Waals surface area contributed by atoms with Crippen LogP contribution in [0.15, 0.2) is 88.0 Å². The zero-order valence-corrected chi connectivity index (χ0v) is 16.0. The summed E-state index contributed by atoms with van der Waals surface area (Å²) in [6.07, 6.45) is 1.42. The third-order valence-electron chi connectivity index (χ3n) is 4.23. The van der Waals surface area contributed by atoms with E-state index in [1.807, 2.05) is 6.07 Å². The van der Waals surface area contributed by atoms with Crippen LogP contribution in [0.4, 0.5) is 14.5 Å². The highest BCUT2D eigenvalue weighted by molar-refractivity contribution is 9.10. The van der Waals surface area contributed by atoms with E-state index in [1.54, 1.807) is 48.5 Å². The standard InChI is InChI=1S/C22H13BrF2N2O/c23-16-5-3-6-18(13-16)27-21(14-8-10-17(24)11-9-14)26-20(22(27)28)12-15-4-1-2-7-19(15)25/h1-13H/b20-12+. The Morgan fingerprint density at radius 1 is 0.929 bits per heavy atom. The maximum Gasteiger partial charge on any atom is 0.282 e. The lowest BCUT2D eigenvalue weighted by Gasteiger charge is -2.18. The van der Waals surface area contributed by atoms with E-state index in [-0.39, 0.29) is 23.0 Å². The van der Waals surface area contributed by atoms with Crippen LogP contribution in [0.5, 0.6) is 0 Å². The maximum absolute atomic E-state index is 14.0. The molecule has 1 aliphatic heterocycles. The van der Waals surface area contributed by atoms with E-state index < -0.39 is 5.82 Å². The summed E-state index contributed by atoms with van der Waals surface area (Å²) in [7, 11) is 0. The predicted molar refractivity (Wildman–Crippen MR) is 109 cm³/mol. The number of hydrogen-bond acceptors (Lipinski definition) is 2. The van der Waals surface area contributed by atoms with Gasteiger partial charge in [-0.1, -0.05) is 40.2 Å². The van der Waals surface area contributed by atoms with Crippen LogP contribution in [-0.4, -0.2) is 11.7 Å². The molecular weight excluding hydrogens is 426 g/mol. The van der Waals surface area contributed by atoms with Crippen LogP contribution >= 0.6 is 15.9 Å². The number of carbonyl (C=O) groups is 1. The number of halogens is 3. The number of rotatable bonds is 3. The molecule has 3 nitrogen and oxygen atoms in total. The second kappa shape index (κ2) is 7.48. The van der Waals surface area contributed by atoms with Crippen molar-refractivity contribution in [3.8, 4) is 0 Å². The van der Waals surface area contributed by atoms with Gasteiger partial charge in [0.05, 0.1) is 5.69 Å². The molecule has 0 radical (unpaired) electrons. The van der Waals surface area contributed by atoms with Crippen LogP contribution < -0.4 is 4.90 Å². The van der Waals surface area contributed by atoms with E-state index >= 15 is 0 Å². The zero-order valence-electron chi connectivity index (χ0n) is 14.4. The van der Waals surface area contributed by atoms with Crippen molar-refractivity contribution < 1.29 is 13.6 Å². The van der Waals surface area contributed by atoms with E-state index in [0.717, 1.165) is 4.47 Å². The van der Waals surface area contributed by atoms with Gasteiger partial charge in [0.2, 0.25) is 0 Å². The number of amides is 1. The van der Waals surface area contributed by atoms with Crippen LogP contribution in [0.25, 0.3) is 6.08 Å². The molecule has 0 atom stereocenters. The van der Waals surface area contributed by atoms with Crippen molar-refractivity contribution in [2.75, 3.05) is 4.90 Å². The van der Waals surface area contributed by atoms with Crippen LogP contribution in [0.2, 0.25) is 0 Å². The summed E-state index contributed by atoms with van der Waals surface area (Å²) >= 11 is 3.40. The number of amidine groups is 1. The van der Waals surface area contributed by atoms with Crippen molar-refractivity contribution in [3.63, 3.8) is 0 Å². The Hall–Kier alpha value is -3.12. The molecular formula is C22H13BrF2N2O.